The largest absolute Gasteiger partial charge is 0.486 e. The number of benzene rings is 2. The van der Waals surface area contributed by atoms with Crippen molar-refractivity contribution in [3.8, 4) is 16.9 Å². The molecule has 6 unspecified atom stereocenters. The molecular weight excluding hydrogens is 1040 g/mol. The third-order valence-corrected chi connectivity index (χ3v) is 14.8. The van der Waals surface area contributed by atoms with Crippen LogP contribution in [0.15, 0.2) is 60.7 Å². The molecule has 1 saturated carbocycles. The number of nitrogens with zero attached hydrogens (tertiary/aromatic N) is 1. The van der Waals surface area contributed by atoms with E-state index in [2.05, 4.69) is 10.6 Å². The van der Waals surface area contributed by atoms with Crippen LogP contribution >= 0.6 is 0 Å². The molecule has 15 atom stereocenters. The number of amides is 4. The summed E-state index contributed by atoms with van der Waals surface area (Å²) in [5, 5.41) is 100. The summed E-state index contributed by atoms with van der Waals surface area (Å²) in [6.45, 7) is -0.772. The first-order valence-electron chi connectivity index (χ1n) is 26.7. The number of carbonyl (C=O) groups is 6. The molecule has 0 radical (unpaired) electrons. The Morgan fingerprint density at radius 1 is 0.658 bits per heavy atom. The molecule has 2 aromatic rings. The topological polar surface area (TPSA) is 376 Å². The molecule has 0 bridgehead atoms. The third-order valence-electron chi connectivity index (χ3n) is 14.8. The van der Waals surface area contributed by atoms with Gasteiger partial charge in [0.05, 0.1) is 19.8 Å². The summed E-state index contributed by atoms with van der Waals surface area (Å²) in [4.78, 5) is 76.2. The van der Waals surface area contributed by atoms with E-state index in [9.17, 15) is 74.7 Å². The predicted molar refractivity (Wildman–Crippen MR) is 271 cm³/mol. The lowest BCUT2D eigenvalue weighted by atomic mass is 9.81. The molecule has 1 aliphatic carbocycles. The fraction of sp³-hybridized carbons (Fsp3) is 0.630. The lowest BCUT2D eigenvalue weighted by molar-refractivity contribution is -0.376. The molecule has 4 amide bonds. The minimum absolute atomic E-state index is 0.0206. The minimum atomic E-state index is -1.97. The van der Waals surface area contributed by atoms with Crippen molar-refractivity contribution in [3.63, 3.8) is 0 Å². The van der Waals surface area contributed by atoms with E-state index in [0.717, 1.165) is 24.0 Å². The first-order chi connectivity index (χ1) is 37.9. The molecule has 3 saturated heterocycles. The van der Waals surface area contributed by atoms with Crippen molar-refractivity contribution in [3.05, 3.63) is 66.2 Å². The van der Waals surface area contributed by atoms with Crippen molar-refractivity contribution in [1.29, 1.82) is 0 Å². The summed E-state index contributed by atoms with van der Waals surface area (Å²) in [5.41, 5.74) is 2.15. The van der Waals surface area contributed by atoms with E-state index < -0.39 is 118 Å². The van der Waals surface area contributed by atoms with E-state index in [4.69, 9.17) is 33.2 Å². The maximum Gasteiger partial charge on any atom is 0.253 e. The first kappa shape index (κ1) is 61.4. The summed E-state index contributed by atoms with van der Waals surface area (Å²) in [5.74, 6) is -1.04. The molecule has 5 aliphatic rings. The van der Waals surface area contributed by atoms with Crippen LogP contribution in [0.2, 0.25) is 0 Å². The van der Waals surface area contributed by atoms with Crippen molar-refractivity contribution in [2.45, 2.75) is 157 Å². The number of ketones is 2. The molecule has 0 spiro atoms. The van der Waals surface area contributed by atoms with Crippen LogP contribution in [0.4, 0.5) is 0 Å². The van der Waals surface area contributed by atoms with Crippen molar-refractivity contribution in [2.24, 2.45) is 11.8 Å². The van der Waals surface area contributed by atoms with E-state index in [1.807, 2.05) is 18.2 Å². The van der Waals surface area contributed by atoms with Crippen LogP contribution in [0, 0.1) is 11.8 Å². The normalized spacial score (nSPS) is 32.9. The van der Waals surface area contributed by atoms with Crippen LogP contribution in [0.5, 0.6) is 5.75 Å². The number of aliphatic hydroxyl groups is 9. The van der Waals surface area contributed by atoms with Crippen LogP contribution in [0.3, 0.4) is 0 Å². The van der Waals surface area contributed by atoms with Crippen molar-refractivity contribution in [1.82, 2.24) is 15.5 Å². The Bertz CT molecular complexity index is 2380. The van der Waals surface area contributed by atoms with E-state index in [-0.39, 0.29) is 67.2 Å². The third kappa shape index (κ3) is 15.8. The minimum Gasteiger partial charge on any atom is -0.486 e. The maximum atomic E-state index is 13.1. The zero-order chi connectivity index (χ0) is 56.9. The number of rotatable bonds is 26. The van der Waals surface area contributed by atoms with Gasteiger partial charge >= 0.3 is 0 Å². The van der Waals surface area contributed by atoms with Crippen LogP contribution in [-0.4, -0.2) is 224 Å². The maximum absolute atomic E-state index is 13.1. The average Bonchev–Trinajstić information content (AvgIpc) is 3.81. The van der Waals surface area contributed by atoms with Gasteiger partial charge in [0, 0.05) is 63.1 Å². The Morgan fingerprint density at radius 3 is 1.95 bits per heavy atom. The highest BCUT2D eigenvalue weighted by Crippen LogP contribution is 2.34. The second-order valence-electron chi connectivity index (χ2n) is 20.5. The monoisotopic (exact) mass is 1120 g/mol. The number of aliphatic hydroxyl groups excluding tert-OH is 9. The molecule has 25 heteroatoms. The van der Waals surface area contributed by atoms with Gasteiger partial charge in [-0.05, 0) is 80.2 Å². The molecule has 25 nitrogen and oxygen atoms in total. The van der Waals surface area contributed by atoms with E-state index in [0.29, 0.717) is 56.5 Å². The summed E-state index contributed by atoms with van der Waals surface area (Å²) in [7, 11) is 0. The Balaban J connectivity index is 0.810. The highest BCUT2D eigenvalue weighted by Gasteiger charge is 2.54. The molecule has 11 N–H and O–H groups in total. The van der Waals surface area contributed by atoms with Crippen LogP contribution in [-0.2, 0) is 52.4 Å². The van der Waals surface area contributed by atoms with Gasteiger partial charge < -0.3 is 89.8 Å². The summed E-state index contributed by atoms with van der Waals surface area (Å²) in [6, 6.07) is 12.9. The smallest absolute Gasteiger partial charge is 0.253 e. The Hall–Kier alpha value is -5.20. The fourth-order valence-electron chi connectivity index (χ4n) is 10.3. The molecule has 4 fully saturated rings. The van der Waals surface area contributed by atoms with Crippen molar-refractivity contribution in [2.75, 3.05) is 46.1 Å². The lowest BCUT2D eigenvalue weighted by Gasteiger charge is -2.48. The predicted octanol–water partition coefficient (Wildman–Crippen LogP) is -2.11. The highest BCUT2D eigenvalue weighted by molar-refractivity contribution is 6.12. The van der Waals surface area contributed by atoms with E-state index in [1.54, 1.807) is 30.3 Å². The van der Waals surface area contributed by atoms with E-state index >= 15 is 0 Å². The first-order valence-corrected chi connectivity index (χ1v) is 26.7. The van der Waals surface area contributed by atoms with Crippen molar-refractivity contribution < 1.29 is 108 Å². The van der Waals surface area contributed by atoms with E-state index in [1.165, 1.54) is 24.0 Å². The SMILES string of the molecule is CC(=O)NC1[C@H](OCCCCC(=O)COc2ccc(-c3cccc(C(=O)CCCNC(=O)C4CCC(CN5C(=O)C=CC5=O)CC4)c3)cc2)OC(CO)[C@@H](O[C@@H]2OC(CO)[C@H](O)[C@H](O[C@H]3OC(CO)[C@H](O)[C@H](O)C3O)C2O)[C@@H]1O. The number of hydrogen-bond acceptors (Lipinski definition) is 22. The Labute approximate surface area is 455 Å². The quantitative estimate of drug-likeness (QED) is 0.0273. The standard InChI is InChI=1S/C54H73N3O22/c1-28(61)56-42-45(68)49(78-54-48(71)50(44(67)38(25-59)76-54)79-53-47(70)46(69)43(66)37(24-58)75-53)39(26-60)77-52(42)73-21-3-2-8-34(62)27-74-35-16-14-30(15-17-35)32-6-4-7-33(22-32)36(63)9-5-20-55-51(72)31-12-10-29(11-13-31)23-57-40(64)18-19-41(57)65/h4,6-7,14-19,22,29,31,37-39,42-50,52-54,58-60,66-71H,2-3,5,8-13,20-21,23-27H2,1H3,(H,55,72)(H,56,61)/t29?,31?,37?,38?,39?,42?,43-,44-,45+,46-,47?,48?,49+,50-,52+,53+,54-/m0/s1. The summed E-state index contributed by atoms with van der Waals surface area (Å²) in [6.07, 6.45) is -16.7. The average molecular weight is 1120 g/mol. The summed E-state index contributed by atoms with van der Waals surface area (Å²) >= 11 is 0. The highest BCUT2D eigenvalue weighted by atomic mass is 16.8. The number of imide groups is 1. The number of nitrogens with one attached hydrogen (secondary N) is 2. The molecule has 0 aromatic heterocycles. The Kier molecular flexibility index (Phi) is 22.5. The van der Waals surface area contributed by atoms with Gasteiger partial charge in [0.1, 0.15) is 85.5 Å². The van der Waals surface area contributed by atoms with Crippen molar-refractivity contribution >= 4 is 35.2 Å². The number of carbonyl (C=O) groups excluding carboxylic acids is 6. The molecule has 79 heavy (non-hydrogen) atoms. The van der Waals surface area contributed by atoms with Gasteiger partial charge in [-0.2, -0.15) is 0 Å². The fourth-order valence-corrected chi connectivity index (χ4v) is 10.3. The van der Waals surface area contributed by atoms with Gasteiger partial charge in [0.25, 0.3) is 11.8 Å². The van der Waals surface area contributed by atoms with Crippen LogP contribution in [0.1, 0.15) is 75.1 Å². The molecule has 2 aromatic carbocycles. The summed E-state index contributed by atoms with van der Waals surface area (Å²) < 4.78 is 40.0. The van der Waals surface area contributed by atoms with Gasteiger partial charge in [-0.15, -0.1) is 0 Å². The van der Waals surface area contributed by atoms with Crippen LogP contribution in [0.25, 0.3) is 11.1 Å². The molecule has 4 aliphatic heterocycles. The van der Waals surface area contributed by atoms with Crippen LogP contribution < -0.4 is 15.4 Å². The van der Waals surface area contributed by atoms with Gasteiger partial charge in [-0.25, -0.2) is 0 Å². The Morgan fingerprint density at radius 2 is 1.29 bits per heavy atom. The van der Waals surface area contributed by atoms with Gasteiger partial charge in [-0.3, -0.25) is 33.7 Å². The number of hydrogen-bond donors (Lipinski definition) is 11. The zero-order valence-electron chi connectivity index (χ0n) is 43.7. The zero-order valence-corrected chi connectivity index (χ0v) is 43.7. The lowest BCUT2D eigenvalue weighted by Crippen LogP contribution is -2.68. The van der Waals surface area contributed by atoms with Gasteiger partial charge in [0.2, 0.25) is 11.8 Å². The second kappa shape index (κ2) is 29.0. The molecule has 4 heterocycles. The van der Waals surface area contributed by atoms with Gasteiger partial charge in [0.15, 0.2) is 30.4 Å². The molecular formula is C54H73N3O22. The molecule has 436 valence electrons. The second-order valence-corrected chi connectivity index (χ2v) is 20.5. The number of Topliss-reactive ketones (excluding diaryl/α,β-unsaturated/α-hetero) is 2. The molecule has 7 rings (SSSR count). The van der Waals surface area contributed by atoms with Gasteiger partial charge in [-0.1, -0.05) is 30.3 Å². The number of ether oxygens (including phenoxy) is 7. The number of unbranched alkanes of at least 4 members (excludes halogenated alkanes) is 1.